The fraction of sp³-hybridized carbons (Fsp3) is 0.409. The largest absolute Gasteiger partial charge is 0.340 e. The number of amides is 2. The molecule has 2 fully saturated rings. The highest BCUT2D eigenvalue weighted by molar-refractivity contribution is 7.09. The molecule has 160 valence electrons. The van der Waals surface area contributed by atoms with Crippen LogP contribution >= 0.6 is 11.3 Å². The molecule has 0 saturated carbocycles. The van der Waals surface area contributed by atoms with E-state index < -0.39 is 5.41 Å². The predicted octanol–water partition coefficient (Wildman–Crippen LogP) is 2.24. The molecule has 1 spiro atoms. The van der Waals surface area contributed by atoms with Gasteiger partial charge in [-0.15, -0.1) is 11.3 Å². The van der Waals surface area contributed by atoms with Crippen LogP contribution in [0.5, 0.6) is 0 Å². The first-order valence-corrected chi connectivity index (χ1v) is 11.2. The molecule has 2 aliphatic rings. The molecule has 0 bridgehead atoms. The maximum absolute atomic E-state index is 13.8. The lowest BCUT2D eigenvalue weighted by molar-refractivity contribution is -0.136. The highest BCUT2D eigenvalue weighted by Gasteiger charge is 2.58. The van der Waals surface area contributed by atoms with Gasteiger partial charge in [0.25, 0.3) is 5.91 Å². The number of hydrogen-bond acceptors (Lipinski definition) is 6. The van der Waals surface area contributed by atoms with Crippen LogP contribution in [0.3, 0.4) is 0 Å². The molecule has 0 aromatic carbocycles. The van der Waals surface area contributed by atoms with Gasteiger partial charge in [0, 0.05) is 62.1 Å². The molecular formula is C22H24N6O2S. The summed E-state index contributed by atoms with van der Waals surface area (Å²) in [6, 6.07) is 3.44. The summed E-state index contributed by atoms with van der Waals surface area (Å²) in [4.78, 5) is 43.7. The summed E-state index contributed by atoms with van der Waals surface area (Å²) >= 11 is 1.60. The molecule has 3 aromatic rings. The van der Waals surface area contributed by atoms with Crippen molar-refractivity contribution in [2.75, 3.05) is 19.6 Å². The van der Waals surface area contributed by atoms with E-state index in [1.54, 1.807) is 42.2 Å². The zero-order valence-electron chi connectivity index (χ0n) is 17.6. The first kappa shape index (κ1) is 19.9. The minimum absolute atomic E-state index is 0.0680. The van der Waals surface area contributed by atoms with Gasteiger partial charge in [0.2, 0.25) is 5.91 Å². The predicted molar refractivity (Wildman–Crippen MR) is 115 cm³/mol. The SMILES string of the molecule is Cc1nc(CN2CCC3(CN(C(=O)c4ccncc4)CC3c3cn(C)cn3)C2=O)cs1. The second kappa shape index (κ2) is 7.56. The van der Waals surface area contributed by atoms with E-state index in [0.717, 1.165) is 16.4 Å². The standard InChI is InChI=1S/C22H24N6O2S/c1-15-25-17(12-31-15)9-27-8-5-22(21(27)30)13-28(20(29)16-3-6-23-7-4-16)10-18(22)19-11-26(2)14-24-19/h3-4,6-7,11-12,14,18H,5,8-10,13H2,1-2H3. The Kier molecular flexibility index (Phi) is 4.85. The van der Waals surface area contributed by atoms with Crippen molar-refractivity contribution in [3.63, 3.8) is 0 Å². The van der Waals surface area contributed by atoms with Gasteiger partial charge in [-0.2, -0.15) is 0 Å². The van der Waals surface area contributed by atoms with Crippen LogP contribution < -0.4 is 0 Å². The van der Waals surface area contributed by atoms with Crippen LogP contribution in [-0.4, -0.2) is 60.8 Å². The van der Waals surface area contributed by atoms with E-state index in [0.29, 0.717) is 38.2 Å². The monoisotopic (exact) mass is 436 g/mol. The maximum atomic E-state index is 13.8. The van der Waals surface area contributed by atoms with Crippen LogP contribution in [0.15, 0.2) is 42.4 Å². The quantitative estimate of drug-likeness (QED) is 0.626. The number of imidazole rings is 1. The van der Waals surface area contributed by atoms with Crippen LogP contribution in [0.25, 0.3) is 0 Å². The van der Waals surface area contributed by atoms with Crippen LogP contribution in [0.2, 0.25) is 0 Å². The van der Waals surface area contributed by atoms with E-state index >= 15 is 0 Å². The van der Waals surface area contributed by atoms with E-state index in [-0.39, 0.29) is 17.7 Å². The topological polar surface area (TPSA) is 84.2 Å². The molecule has 9 heteroatoms. The second-order valence-corrected chi connectivity index (χ2v) is 9.49. The highest BCUT2D eigenvalue weighted by Crippen LogP contribution is 2.50. The lowest BCUT2D eigenvalue weighted by Crippen LogP contribution is -2.40. The molecule has 5 heterocycles. The number of thiazole rings is 1. The average Bonchev–Trinajstić information content (AvgIpc) is 3.54. The van der Waals surface area contributed by atoms with Gasteiger partial charge in [0.05, 0.1) is 34.7 Å². The van der Waals surface area contributed by atoms with Gasteiger partial charge in [-0.05, 0) is 25.5 Å². The molecule has 2 saturated heterocycles. The number of likely N-dealkylation sites (tertiary alicyclic amines) is 2. The number of carbonyl (C=O) groups excluding carboxylic acids is 2. The summed E-state index contributed by atoms with van der Waals surface area (Å²) < 4.78 is 1.89. The maximum Gasteiger partial charge on any atom is 0.254 e. The Balaban J connectivity index is 1.45. The summed E-state index contributed by atoms with van der Waals surface area (Å²) in [6.45, 7) is 4.03. The Hall–Kier alpha value is -3.07. The summed E-state index contributed by atoms with van der Waals surface area (Å²) in [5.74, 6) is -0.102. The number of pyridine rings is 1. The first-order chi connectivity index (χ1) is 15.0. The fourth-order valence-corrected chi connectivity index (χ4v) is 5.49. The number of aromatic nitrogens is 4. The van der Waals surface area contributed by atoms with E-state index in [2.05, 4.69) is 15.0 Å². The van der Waals surface area contributed by atoms with Gasteiger partial charge >= 0.3 is 0 Å². The Morgan fingerprint density at radius 2 is 2.13 bits per heavy atom. The molecule has 2 atom stereocenters. The Labute approximate surface area is 184 Å². The summed E-state index contributed by atoms with van der Waals surface area (Å²) in [5, 5.41) is 3.01. The third-order valence-corrected chi connectivity index (χ3v) is 7.22. The van der Waals surface area contributed by atoms with Crippen molar-refractivity contribution in [2.24, 2.45) is 12.5 Å². The highest BCUT2D eigenvalue weighted by atomic mass is 32.1. The molecule has 5 rings (SSSR count). The Morgan fingerprint density at radius 1 is 1.32 bits per heavy atom. The van der Waals surface area contributed by atoms with Gasteiger partial charge in [-0.3, -0.25) is 14.6 Å². The van der Waals surface area contributed by atoms with Crippen molar-refractivity contribution in [3.05, 3.63) is 64.4 Å². The van der Waals surface area contributed by atoms with Crippen molar-refractivity contribution in [3.8, 4) is 0 Å². The molecule has 8 nitrogen and oxygen atoms in total. The van der Waals surface area contributed by atoms with Crippen LogP contribution in [0.1, 0.15) is 39.1 Å². The molecule has 2 unspecified atom stereocenters. The lowest BCUT2D eigenvalue weighted by Gasteiger charge is -2.27. The fourth-order valence-electron chi connectivity index (χ4n) is 4.89. The van der Waals surface area contributed by atoms with E-state index in [1.165, 1.54) is 0 Å². The lowest BCUT2D eigenvalue weighted by atomic mass is 9.75. The third-order valence-electron chi connectivity index (χ3n) is 6.40. The molecule has 0 N–H and O–H groups in total. The second-order valence-electron chi connectivity index (χ2n) is 8.43. The van der Waals surface area contributed by atoms with Gasteiger partial charge in [-0.25, -0.2) is 9.97 Å². The average molecular weight is 437 g/mol. The van der Waals surface area contributed by atoms with Crippen molar-refractivity contribution < 1.29 is 9.59 Å². The molecule has 2 amide bonds. The van der Waals surface area contributed by atoms with Gasteiger partial charge in [0.15, 0.2) is 0 Å². The van der Waals surface area contributed by atoms with E-state index in [4.69, 9.17) is 0 Å². The number of nitrogens with zero attached hydrogens (tertiary/aromatic N) is 6. The minimum atomic E-state index is -0.651. The van der Waals surface area contributed by atoms with E-state index in [1.807, 2.05) is 39.9 Å². The molecule has 31 heavy (non-hydrogen) atoms. The minimum Gasteiger partial charge on any atom is -0.340 e. The van der Waals surface area contributed by atoms with Crippen molar-refractivity contribution in [1.82, 2.24) is 29.3 Å². The number of hydrogen-bond donors (Lipinski definition) is 0. The Bertz CT molecular complexity index is 1130. The summed E-state index contributed by atoms with van der Waals surface area (Å²) in [6.07, 6.45) is 7.66. The normalized spacial score (nSPS) is 23.3. The van der Waals surface area contributed by atoms with Gasteiger partial charge in [0.1, 0.15) is 0 Å². The first-order valence-electron chi connectivity index (χ1n) is 10.3. The van der Waals surface area contributed by atoms with Crippen LogP contribution in [-0.2, 0) is 18.4 Å². The summed E-state index contributed by atoms with van der Waals surface area (Å²) in [7, 11) is 1.92. The molecule has 0 aliphatic carbocycles. The molecule has 0 radical (unpaired) electrons. The molecule has 2 aliphatic heterocycles. The van der Waals surface area contributed by atoms with Crippen molar-refractivity contribution >= 4 is 23.2 Å². The van der Waals surface area contributed by atoms with Gasteiger partial charge < -0.3 is 14.4 Å². The zero-order chi connectivity index (χ0) is 21.6. The summed E-state index contributed by atoms with van der Waals surface area (Å²) in [5.41, 5.74) is 1.73. The molecular weight excluding hydrogens is 412 g/mol. The molecule has 3 aromatic heterocycles. The van der Waals surface area contributed by atoms with Gasteiger partial charge in [-0.1, -0.05) is 0 Å². The van der Waals surface area contributed by atoms with E-state index in [9.17, 15) is 9.59 Å². The third kappa shape index (κ3) is 3.42. The zero-order valence-corrected chi connectivity index (χ0v) is 18.4. The van der Waals surface area contributed by atoms with Crippen LogP contribution in [0, 0.1) is 12.3 Å². The Morgan fingerprint density at radius 3 is 2.81 bits per heavy atom. The van der Waals surface area contributed by atoms with Crippen LogP contribution in [0.4, 0.5) is 0 Å². The smallest absolute Gasteiger partial charge is 0.254 e. The number of carbonyl (C=O) groups is 2. The van der Waals surface area contributed by atoms with Crippen molar-refractivity contribution in [2.45, 2.75) is 25.8 Å². The van der Waals surface area contributed by atoms with Crippen molar-refractivity contribution in [1.29, 1.82) is 0 Å². The number of aryl methyl sites for hydroxylation is 2. The number of rotatable bonds is 4.